The van der Waals surface area contributed by atoms with Gasteiger partial charge in [0, 0.05) is 35.7 Å². The van der Waals surface area contributed by atoms with Crippen LogP contribution < -0.4 is 5.32 Å². The largest absolute Gasteiger partial charge is 0.465 e. The molecule has 2 aromatic heterocycles. The molecule has 0 aliphatic rings. The van der Waals surface area contributed by atoms with Gasteiger partial charge >= 0.3 is 0 Å². The summed E-state index contributed by atoms with van der Waals surface area (Å²) in [6, 6.07) is 9.92. The monoisotopic (exact) mass is 355 g/mol. The minimum Gasteiger partial charge on any atom is -0.465 e. The Balaban J connectivity index is 1.61. The maximum absolute atomic E-state index is 11.8. The summed E-state index contributed by atoms with van der Waals surface area (Å²) in [5.41, 5.74) is 0.868. The van der Waals surface area contributed by atoms with E-state index < -0.39 is 4.92 Å². The lowest BCUT2D eigenvalue weighted by molar-refractivity contribution is -0.384. The number of nitro benzene ring substituents is 1. The number of aromatic nitrogens is 1. The highest BCUT2D eigenvalue weighted by molar-refractivity contribution is 7.15. The average molecular weight is 355 g/mol. The molecule has 0 aliphatic carbocycles. The number of nitrogens with zero attached hydrogens (tertiary/aromatic N) is 2. The van der Waals surface area contributed by atoms with Crippen LogP contribution in [0.5, 0.6) is 0 Å². The van der Waals surface area contributed by atoms with Crippen molar-refractivity contribution in [2.75, 3.05) is 5.32 Å². The number of furan rings is 1. The standard InChI is InChI=1S/C17H13N3O4S/c21-16(7-6-14-5-2-8-24-14)19-17-18-11-15(25-17)10-12-3-1-4-13(9-12)20(22)23/h1-9,11H,10H2,(H,18,19,21)/b7-6+. The van der Waals surface area contributed by atoms with Gasteiger partial charge in [0.15, 0.2) is 5.13 Å². The topological polar surface area (TPSA) is 98.3 Å². The van der Waals surface area contributed by atoms with E-state index in [4.69, 9.17) is 4.42 Å². The first kappa shape index (κ1) is 16.6. The molecule has 3 rings (SSSR count). The molecule has 0 saturated carbocycles. The Labute approximate surface area is 146 Å². The fourth-order valence-corrected chi connectivity index (χ4v) is 2.97. The Morgan fingerprint density at radius 1 is 1.36 bits per heavy atom. The summed E-state index contributed by atoms with van der Waals surface area (Å²) in [7, 11) is 0. The van der Waals surface area contributed by atoms with Gasteiger partial charge in [0.25, 0.3) is 5.69 Å². The fraction of sp³-hybridized carbons (Fsp3) is 0.0588. The SMILES string of the molecule is O=C(/C=C/c1ccco1)Nc1ncc(Cc2cccc([N+](=O)[O-])c2)s1. The Hall–Kier alpha value is -3.26. The molecular formula is C17H13N3O4S. The molecule has 0 atom stereocenters. The molecule has 0 aliphatic heterocycles. The number of nitrogens with one attached hydrogen (secondary N) is 1. The van der Waals surface area contributed by atoms with E-state index in [1.165, 1.54) is 35.8 Å². The number of amides is 1. The lowest BCUT2D eigenvalue weighted by Gasteiger charge is -1.98. The summed E-state index contributed by atoms with van der Waals surface area (Å²) >= 11 is 1.32. The Kier molecular flexibility index (Phi) is 5.00. The number of carbonyl (C=O) groups is 1. The van der Waals surface area contributed by atoms with Crippen LogP contribution in [-0.4, -0.2) is 15.8 Å². The smallest absolute Gasteiger partial charge is 0.269 e. The van der Waals surface area contributed by atoms with Gasteiger partial charge in [0.05, 0.1) is 11.2 Å². The van der Waals surface area contributed by atoms with Crippen LogP contribution in [0.15, 0.2) is 59.4 Å². The Bertz CT molecular complexity index is 916. The number of hydrogen-bond acceptors (Lipinski definition) is 6. The van der Waals surface area contributed by atoms with Crippen LogP contribution in [0.1, 0.15) is 16.2 Å². The van der Waals surface area contributed by atoms with Gasteiger partial charge in [-0.1, -0.05) is 12.1 Å². The first-order valence-corrected chi connectivity index (χ1v) is 8.12. The van der Waals surface area contributed by atoms with Gasteiger partial charge in [-0.05, 0) is 23.8 Å². The number of thiazole rings is 1. The van der Waals surface area contributed by atoms with Crippen molar-refractivity contribution in [3.8, 4) is 0 Å². The van der Waals surface area contributed by atoms with E-state index in [1.54, 1.807) is 30.5 Å². The molecule has 2 heterocycles. The lowest BCUT2D eigenvalue weighted by atomic mass is 10.1. The van der Waals surface area contributed by atoms with Crippen LogP contribution in [0.4, 0.5) is 10.8 Å². The predicted molar refractivity (Wildman–Crippen MR) is 94.4 cm³/mol. The number of non-ortho nitro benzene ring substituents is 1. The first-order valence-electron chi connectivity index (χ1n) is 7.31. The summed E-state index contributed by atoms with van der Waals surface area (Å²) in [6.07, 6.45) is 6.61. The van der Waals surface area contributed by atoms with Crippen molar-refractivity contribution in [2.24, 2.45) is 0 Å². The molecule has 0 bridgehead atoms. The van der Waals surface area contributed by atoms with Gasteiger partial charge in [0.2, 0.25) is 5.91 Å². The number of anilines is 1. The van der Waals surface area contributed by atoms with Crippen molar-refractivity contribution < 1.29 is 14.1 Å². The summed E-state index contributed by atoms with van der Waals surface area (Å²) in [4.78, 5) is 27.3. The lowest BCUT2D eigenvalue weighted by Crippen LogP contribution is -2.06. The van der Waals surface area contributed by atoms with Crippen molar-refractivity contribution in [1.82, 2.24) is 4.98 Å². The third-order valence-corrected chi connectivity index (χ3v) is 4.14. The summed E-state index contributed by atoms with van der Waals surface area (Å²) < 4.78 is 5.10. The normalized spacial score (nSPS) is 10.9. The van der Waals surface area contributed by atoms with E-state index >= 15 is 0 Å². The number of rotatable bonds is 6. The zero-order chi connectivity index (χ0) is 17.6. The highest BCUT2D eigenvalue weighted by Crippen LogP contribution is 2.23. The van der Waals surface area contributed by atoms with Crippen LogP contribution in [0, 0.1) is 10.1 Å². The van der Waals surface area contributed by atoms with Crippen molar-refractivity contribution in [3.05, 3.63) is 81.2 Å². The summed E-state index contributed by atoms with van der Waals surface area (Å²) in [5.74, 6) is 0.272. The third-order valence-electron chi connectivity index (χ3n) is 3.23. The van der Waals surface area contributed by atoms with E-state index in [0.29, 0.717) is 17.3 Å². The molecule has 126 valence electrons. The van der Waals surface area contributed by atoms with E-state index in [9.17, 15) is 14.9 Å². The second kappa shape index (κ2) is 7.54. The van der Waals surface area contributed by atoms with Gasteiger partial charge in [-0.25, -0.2) is 4.98 Å². The zero-order valence-corrected chi connectivity index (χ0v) is 13.7. The predicted octanol–water partition coefficient (Wildman–Crippen LogP) is 3.89. The maximum atomic E-state index is 11.8. The molecule has 1 amide bonds. The fourth-order valence-electron chi connectivity index (χ4n) is 2.12. The quantitative estimate of drug-likeness (QED) is 0.411. The molecule has 1 aromatic carbocycles. The van der Waals surface area contributed by atoms with Crippen LogP contribution in [0.3, 0.4) is 0 Å². The van der Waals surface area contributed by atoms with Gasteiger partial charge in [-0.15, -0.1) is 11.3 Å². The van der Waals surface area contributed by atoms with E-state index in [0.717, 1.165) is 10.4 Å². The molecule has 0 fully saturated rings. The van der Waals surface area contributed by atoms with Gasteiger partial charge in [0.1, 0.15) is 5.76 Å². The van der Waals surface area contributed by atoms with Gasteiger partial charge in [-0.3, -0.25) is 20.2 Å². The molecule has 0 radical (unpaired) electrons. The second-order valence-corrected chi connectivity index (χ2v) is 6.19. The van der Waals surface area contributed by atoms with Crippen LogP contribution in [0.2, 0.25) is 0 Å². The van der Waals surface area contributed by atoms with Crippen LogP contribution in [-0.2, 0) is 11.2 Å². The number of benzene rings is 1. The van der Waals surface area contributed by atoms with Crippen LogP contribution >= 0.6 is 11.3 Å². The summed E-state index contributed by atoms with van der Waals surface area (Å²) in [6.45, 7) is 0. The van der Waals surface area contributed by atoms with Crippen molar-refractivity contribution >= 4 is 34.1 Å². The van der Waals surface area contributed by atoms with E-state index in [2.05, 4.69) is 10.3 Å². The van der Waals surface area contributed by atoms with E-state index in [1.807, 2.05) is 6.07 Å². The summed E-state index contributed by atoms with van der Waals surface area (Å²) in [5, 5.41) is 14.0. The van der Waals surface area contributed by atoms with Gasteiger partial charge in [-0.2, -0.15) is 0 Å². The highest BCUT2D eigenvalue weighted by Gasteiger charge is 2.09. The van der Waals surface area contributed by atoms with Crippen molar-refractivity contribution in [1.29, 1.82) is 0 Å². The number of hydrogen-bond donors (Lipinski definition) is 1. The van der Waals surface area contributed by atoms with Crippen molar-refractivity contribution in [2.45, 2.75) is 6.42 Å². The number of nitro groups is 1. The molecule has 0 spiro atoms. The second-order valence-electron chi connectivity index (χ2n) is 5.07. The van der Waals surface area contributed by atoms with Gasteiger partial charge < -0.3 is 4.42 Å². The Morgan fingerprint density at radius 2 is 2.24 bits per heavy atom. The van der Waals surface area contributed by atoms with E-state index in [-0.39, 0.29) is 11.6 Å². The molecule has 3 aromatic rings. The third kappa shape index (κ3) is 4.61. The zero-order valence-electron chi connectivity index (χ0n) is 12.9. The molecule has 0 unspecified atom stereocenters. The molecule has 1 N–H and O–H groups in total. The van der Waals surface area contributed by atoms with Crippen LogP contribution in [0.25, 0.3) is 6.08 Å². The minimum atomic E-state index is -0.423. The van der Waals surface area contributed by atoms with Crippen molar-refractivity contribution in [3.63, 3.8) is 0 Å². The first-order chi connectivity index (χ1) is 12.1. The average Bonchev–Trinajstić information content (AvgIpc) is 3.25. The number of carbonyl (C=O) groups excluding carboxylic acids is 1. The Morgan fingerprint density at radius 3 is 3.00 bits per heavy atom. The molecule has 0 saturated heterocycles. The maximum Gasteiger partial charge on any atom is 0.269 e. The highest BCUT2D eigenvalue weighted by atomic mass is 32.1. The molecule has 7 nitrogen and oxygen atoms in total. The molecule has 25 heavy (non-hydrogen) atoms. The molecule has 8 heteroatoms. The molecular weight excluding hydrogens is 342 g/mol. The minimum absolute atomic E-state index is 0.0543.